The second-order valence-electron chi connectivity index (χ2n) is 10.2. The van der Waals surface area contributed by atoms with Gasteiger partial charge in [-0.2, -0.15) is 0 Å². The summed E-state index contributed by atoms with van der Waals surface area (Å²) in [6.07, 6.45) is 3.44. The lowest BCUT2D eigenvalue weighted by molar-refractivity contribution is -0.142. The average molecular weight is 399 g/mol. The summed E-state index contributed by atoms with van der Waals surface area (Å²) in [5.74, 6) is 1.49. The molecule has 2 fully saturated rings. The Hall–Kier alpha value is -0.136. The number of carbonyl (C=O) groups is 1. The highest BCUT2D eigenvalue weighted by molar-refractivity contribution is 6.79. The molecular weight excluding hydrogens is 356 g/mol. The summed E-state index contributed by atoms with van der Waals surface area (Å²) in [7, 11) is -3.75. The van der Waals surface area contributed by atoms with Gasteiger partial charge in [-0.15, -0.1) is 0 Å². The Balaban J connectivity index is 2.09. The minimum absolute atomic E-state index is 0.134. The zero-order chi connectivity index (χ0) is 19.9. The van der Waals surface area contributed by atoms with Crippen molar-refractivity contribution < 1.29 is 13.6 Å². The molecule has 0 aromatic heterocycles. The molecule has 26 heavy (non-hydrogen) atoms. The molecule has 0 N–H and O–H groups in total. The monoisotopic (exact) mass is 398 g/mol. The van der Waals surface area contributed by atoms with Crippen LogP contribution in [0.4, 0.5) is 0 Å². The Morgan fingerprint density at radius 1 is 0.923 bits per heavy atom. The van der Waals surface area contributed by atoms with E-state index in [1.165, 1.54) is 12.8 Å². The molecule has 0 spiro atoms. The van der Waals surface area contributed by atoms with Gasteiger partial charge in [0, 0.05) is 6.61 Å². The number of hydrogen-bond acceptors (Lipinski definition) is 3. The van der Waals surface area contributed by atoms with Crippen LogP contribution in [0.1, 0.15) is 67.7 Å². The highest BCUT2D eigenvalue weighted by Crippen LogP contribution is 2.58. The fourth-order valence-corrected chi connectivity index (χ4v) is 14.9. The van der Waals surface area contributed by atoms with E-state index in [0.717, 1.165) is 18.6 Å². The van der Waals surface area contributed by atoms with Gasteiger partial charge < -0.3 is 8.85 Å². The van der Waals surface area contributed by atoms with Crippen LogP contribution in [0.25, 0.3) is 0 Å². The lowest BCUT2D eigenvalue weighted by Crippen LogP contribution is -2.50. The van der Waals surface area contributed by atoms with E-state index in [0.29, 0.717) is 28.5 Å². The molecule has 0 aliphatic heterocycles. The summed E-state index contributed by atoms with van der Waals surface area (Å²) < 4.78 is 12.7. The van der Waals surface area contributed by atoms with E-state index in [2.05, 4.69) is 61.6 Å². The fourth-order valence-electron chi connectivity index (χ4n) is 6.50. The maximum atomic E-state index is 13.2. The summed E-state index contributed by atoms with van der Waals surface area (Å²) in [6.45, 7) is 21.2. The van der Waals surface area contributed by atoms with Crippen molar-refractivity contribution in [3.8, 4) is 0 Å². The highest BCUT2D eigenvalue weighted by atomic mass is 28.4. The molecule has 2 aliphatic carbocycles. The summed E-state index contributed by atoms with van der Waals surface area (Å²) in [4.78, 5) is 13.2. The van der Waals surface area contributed by atoms with Crippen LogP contribution in [0.3, 0.4) is 0 Å². The van der Waals surface area contributed by atoms with Gasteiger partial charge in [0.15, 0.2) is 8.32 Å². The van der Waals surface area contributed by atoms with Gasteiger partial charge in [0.05, 0.1) is 5.92 Å². The van der Waals surface area contributed by atoms with E-state index < -0.39 is 16.6 Å². The Kier molecular flexibility index (Phi) is 6.88. The molecule has 0 aromatic rings. The molecule has 2 saturated carbocycles. The first-order valence-corrected chi connectivity index (χ1v) is 16.0. The van der Waals surface area contributed by atoms with Gasteiger partial charge in [0.1, 0.15) is 0 Å². The molecular formula is C21H42O3Si2. The molecule has 0 heterocycles. The van der Waals surface area contributed by atoms with Crippen molar-refractivity contribution in [2.45, 2.75) is 103 Å². The van der Waals surface area contributed by atoms with Crippen LogP contribution in [0.15, 0.2) is 0 Å². The maximum absolute atomic E-state index is 13.2. The predicted molar refractivity (Wildman–Crippen MR) is 114 cm³/mol. The Labute approximate surface area is 163 Å². The van der Waals surface area contributed by atoms with Crippen molar-refractivity contribution >= 4 is 22.6 Å². The van der Waals surface area contributed by atoms with Gasteiger partial charge in [-0.05, 0) is 73.3 Å². The van der Waals surface area contributed by atoms with Gasteiger partial charge in [0.2, 0.25) is 0 Å². The van der Waals surface area contributed by atoms with Crippen LogP contribution in [0, 0.1) is 17.8 Å². The number of hydrogen-bond donors (Lipinski definition) is 0. The topological polar surface area (TPSA) is 35.5 Å². The van der Waals surface area contributed by atoms with E-state index in [-0.39, 0.29) is 11.9 Å². The van der Waals surface area contributed by atoms with E-state index in [1.54, 1.807) is 0 Å². The van der Waals surface area contributed by atoms with Crippen molar-refractivity contribution in [2.24, 2.45) is 17.8 Å². The number of carbonyl (C=O) groups excluding carboxylic acids is 1. The van der Waals surface area contributed by atoms with Gasteiger partial charge in [-0.25, -0.2) is 0 Å². The zero-order valence-corrected chi connectivity index (χ0v) is 20.6. The average Bonchev–Trinajstić information content (AvgIpc) is 3.11. The van der Waals surface area contributed by atoms with Crippen LogP contribution >= 0.6 is 0 Å². The molecule has 4 atom stereocenters. The van der Waals surface area contributed by atoms with Gasteiger partial charge in [-0.3, -0.25) is 4.79 Å². The van der Waals surface area contributed by atoms with Crippen LogP contribution in [0.2, 0.25) is 35.3 Å². The summed E-state index contributed by atoms with van der Waals surface area (Å²) in [6, 6.07) is 0. The van der Waals surface area contributed by atoms with Crippen molar-refractivity contribution in [2.75, 3.05) is 6.61 Å². The van der Waals surface area contributed by atoms with Crippen LogP contribution in [-0.4, -0.2) is 29.2 Å². The Bertz CT molecular complexity index is 480. The third-order valence-electron chi connectivity index (χ3n) is 7.55. The number of fused-ring (bicyclic) bond motifs is 2. The second-order valence-corrected chi connectivity index (χ2v) is 19.8. The summed E-state index contributed by atoms with van der Waals surface area (Å²) in [5, 5.41) is 0. The maximum Gasteiger partial charge on any atom is 0.295 e. The van der Waals surface area contributed by atoms with Gasteiger partial charge in [-0.1, -0.05) is 41.5 Å². The van der Waals surface area contributed by atoms with E-state index in [1.807, 2.05) is 0 Å². The summed E-state index contributed by atoms with van der Waals surface area (Å²) in [5.41, 5.74) is 2.10. The standard InChI is InChI=1S/C21H42O3Si2/c1-10-23-25(8,9)20-13-17-11-18(20)12-19(17)21(22)24-26(14(2)3,15(4)5)16(6)7/h14-20H,10-13H2,1-9H3. The lowest BCUT2D eigenvalue weighted by Gasteiger charge is -2.43. The quantitative estimate of drug-likeness (QED) is 0.446. The second kappa shape index (κ2) is 8.08. The molecule has 152 valence electrons. The fraction of sp³-hybridized carbons (Fsp3) is 0.952. The Morgan fingerprint density at radius 2 is 1.46 bits per heavy atom. The normalized spacial score (nSPS) is 29.2. The SMILES string of the molecule is CCO[Si](C)(C)C1CC2CC1CC2C(=O)O[Si](C(C)C)(C(C)C)C(C)C. The smallest absolute Gasteiger partial charge is 0.295 e. The third kappa shape index (κ3) is 3.86. The molecule has 0 radical (unpaired) electrons. The molecule has 2 aliphatic rings. The molecule has 5 heteroatoms. The molecule has 0 saturated heterocycles. The first kappa shape index (κ1) is 22.2. The zero-order valence-electron chi connectivity index (χ0n) is 18.6. The minimum Gasteiger partial charge on any atom is -0.518 e. The molecule has 2 rings (SSSR count). The molecule has 0 aromatic carbocycles. The first-order chi connectivity index (χ1) is 12.0. The van der Waals surface area contributed by atoms with Crippen molar-refractivity contribution in [3.05, 3.63) is 0 Å². The van der Waals surface area contributed by atoms with E-state index in [4.69, 9.17) is 8.85 Å². The van der Waals surface area contributed by atoms with Crippen molar-refractivity contribution in [1.82, 2.24) is 0 Å². The third-order valence-corrected chi connectivity index (χ3v) is 17.0. The van der Waals surface area contributed by atoms with Gasteiger partial charge >= 0.3 is 0 Å². The highest BCUT2D eigenvalue weighted by Gasteiger charge is 2.56. The first-order valence-electron chi connectivity index (χ1n) is 10.8. The largest absolute Gasteiger partial charge is 0.518 e. The molecule has 3 nitrogen and oxygen atoms in total. The van der Waals surface area contributed by atoms with Crippen LogP contribution in [0.5, 0.6) is 0 Å². The van der Waals surface area contributed by atoms with Crippen molar-refractivity contribution in [3.63, 3.8) is 0 Å². The van der Waals surface area contributed by atoms with E-state index in [9.17, 15) is 4.79 Å². The summed E-state index contributed by atoms with van der Waals surface area (Å²) >= 11 is 0. The van der Waals surface area contributed by atoms with E-state index >= 15 is 0 Å². The Morgan fingerprint density at radius 3 is 1.85 bits per heavy atom. The van der Waals surface area contributed by atoms with Crippen LogP contribution < -0.4 is 0 Å². The minimum atomic E-state index is -2.12. The predicted octanol–water partition coefficient (Wildman–Crippen LogP) is 6.36. The number of rotatable bonds is 8. The van der Waals surface area contributed by atoms with Gasteiger partial charge in [0.25, 0.3) is 14.3 Å². The molecule has 4 unspecified atom stereocenters. The van der Waals surface area contributed by atoms with Crippen molar-refractivity contribution in [1.29, 1.82) is 0 Å². The van der Waals surface area contributed by atoms with Crippen LogP contribution in [-0.2, 0) is 13.6 Å². The molecule has 2 bridgehead atoms. The molecule has 0 amide bonds. The lowest BCUT2D eigenvalue weighted by atomic mass is 9.88.